The van der Waals surface area contributed by atoms with Crippen LogP contribution in [-0.2, 0) is 10.3 Å². The number of rotatable bonds is 6. The van der Waals surface area contributed by atoms with Crippen LogP contribution in [0.25, 0.3) is 22.3 Å². The average Bonchev–Trinajstić information content (AvgIpc) is 3.30. The zero-order chi connectivity index (χ0) is 24.2. The summed E-state index contributed by atoms with van der Waals surface area (Å²) in [7, 11) is 0. The first kappa shape index (κ1) is 22.1. The normalized spacial score (nSPS) is 19.4. The number of alkyl halides is 2. The molecule has 6 rings (SSSR count). The van der Waals surface area contributed by atoms with E-state index in [-0.39, 0.29) is 23.1 Å². The zero-order valence-corrected chi connectivity index (χ0v) is 19.3. The third-order valence-corrected chi connectivity index (χ3v) is 6.66. The Morgan fingerprint density at radius 2 is 2.06 bits per heavy atom. The average molecular weight is 502 g/mol. The predicted octanol–water partition coefficient (Wildman–Crippen LogP) is 4.52. The van der Waals surface area contributed by atoms with Gasteiger partial charge in [0, 0.05) is 23.8 Å². The fraction of sp³-hybridized carbons (Fsp3) is 0.409. The van der Waals surface area contributed by atoms with Crippen molar-refractivity contribution in [2.24, 2.45) is 0 Å². The van der Waals surface area contributed by atoms with Crippen molar-refractivity contribution in [2.45, 2.75) is 50.4 Å². The molecule has 3 N–H and O–H groups in total. The minimum absolute atomic E-state index is 0.0294. The molecule has 2 fully saturated rings. The van der Waals surface area contributed by atoms with Gasteiger partial charge in [0.1, 0.15) is 5.69 Å². The van der Waals surface area contributed by atoms with Crippen molar-refractivity contribution >= 4 is 34.4 Å². The van der Waals surface area contributed by atoms with Crippen LogP contribution < -0.4 is 11.1 Å². The Balaban J connectivity index is 1.33. The van der Waals surface area contributed by atoms with Crippen LogP contribution >= 0.6 is 11.6 Å². The Morgan fingerprint density at radius 3 is 2.77 bits per heavy atom. The highest BCUT2D eigenvalue weighted by atomic mass is 35.5. The van der Waals surface area contributed by atoms with Crippen molar-refractivity contribution in [3.63, 3.8) is 0 Å². The van der Waals surface area contributed by atoms with Crippen molar-refractivity contribution in [1.82, 2.24) is 34.5 Å². The second-order valence-corrected chi connectivity index (χ2v) is 9.22. The molecule has 1 aliphatic carbocycles. The van der Waals surface area contributed by atoms with Gasteiger partial charge in [-0.15, -0.1) is 0 Å². The molecular formula is C22H22ClF2N9O. The Morgan fingerprint density at radius 1 is 1.20 bits per heavy atom. The van der Waals surface area contributed by atoms with E-state index >= 15 is 0 Å². The van der Waals surface area contributed by atoms with Crippen molar-refractivity contribution in [1.29, 1.82) is 0 Å². The van der Waals surface area contributed by atoms with Crippen molar-refractivity contribution in [2.75, 3.05) is 17.7 Å². The summed E-state index contributed by atoms with van der Waals surface area (Å²) in [6.45, 7) is -2.06. The molecule has 10 nitrogen and oxygen atoms in total. The van der Waals surface area contributed by atoms with Crippen LogP contribution in [0.5, 0.6) is 0 Å². The number of ether oxygens (including phenoxy) is 1. The smallest absolute Gasteiger partial charge is 0.333 e. The Hall–Kier alpha value is -3.38. The molecule has 1 unspecified atom stereocenters. The van der Waals surface area contributed by atoms with Gasteiger partial charge in [0.15, 0.2) is 12.1 Å². The van der Waals surface area contributed by atoms with E-state index in [4.69, 9.17) is 22.1 Å². The Kier molecular flexibility index (Phi) is 5.29. The highest BCUT2D eigenvalue weighted by molar-refractivity contribution is 6.31. The number of hydrogen-bond acceptors (Lipinski definition) is 8. The summed E-state index contributed by atoms with van der Waals surface area (Å²) in [5.41, 5.74) is 7.24. The Labute approximate surface area is 203 Å². The highest BCUT2D eigenvalue weighted by Crippen LogP contribution is 2.49. The van der Waals surface area contributed by atoms with Crippen molar-refractivity contribution in [3.05, 3.63) is 41.3 Å². The topological polar surface area (TPSA) is 122 Å². The maximum Gasteiger partial charge on any atom is 0.333 e. The fourth-order valence-electron chi connectivity index (χ4n) is 4.45. The number of benzene rings is 1. The molecule has 1 aromatic carbocycles. The van der Waals surface area contributed by atoms with Crippen molar-refractivity contribution in [3.8, 4) is 11.4 Å². The minimum atomic E-state index is -2.78. The second kappa shape index (κ2) is 8.38. The molecule has 35 heavy (non-hydrogen) atoms. The van der Waals surface area contributed by atoms with Crippen LogP contribution in [0.4, 0.5) is 20.7 Å². The molecular weight excluding hydrogens is 480 g/mol. The van der Waals surface area contributed by atoms with Crippen LogP contribution in [0.3, 0.4) is 0 Å². The number of nitrogens with zero attached hydrogens (tertiary/aromatic N) is 7. The summed E-state index contributed by atoms with van der Waals surface area (Å²) in [6, 6.07) is 5.79. The number of anilines is 2. The first-order valence-corrected chi connectivity index (χ1v) is 11.7. The van der Waals surface area contributed by atoms with Gasteiger partial charge >= 0.3 is 6.55 Å². The predicted molar refractivity (Wildman–Crippen MR) is 125 cm³/mol. The molecule has 0 bridgehead atoms. The minimum Gasteiger partial charge on any atom is -0.368 e. The van der Waals surface area contributed by atoms with E-state index < -0.39 is 12.1 Å². The van der Waals surface area contributed by atoms with Crippen LogP contribution in [0.1, 0.15) is 50.6 Å². The van der Waals surface area contributed by atoms with Crippen LogP contribution in [0, 0.1) is 0 Å². The van der Waals surface area contributed by atoms with Gasteiger partial charge in [-0.1, -0.05) is 23.7 Å². The molecule has 1 saturated heterocycles. The lowest BCUT2D eigenvalue weighted by atomic mass is 10.1. The van der Waals surface area contributed by atoms with Gasteiger partial charge in [0.2, 0.25) is 11.9 Å². The van der Waals surface area contributed by atoms with Gasteiger partial charge in [0.25, 0.3) is 0 Å². The van der Waals surface area contributed by atoms with Crippen LogP contribution in [0.15, 0.2) is 30.6 Å². The molecule has 1 aliphatic heterocycles. The number of nitrogens with one attached hydrogen (secondary N) is 1. The van der Waals surface area contributed by atoms with Crippen LogP contribution in [-0.4, -0.2) is 41.1 Å². The standard InChI is InChI=1S/C22H22ClF2N9O/c23-14-11-33(19(24)25)32-17(14)22(6-7-22)31-21-29-18(28-20(26)30-21)12-4-5-13-10-27-34(15(13)9-12)16-3-1-2-8-35-16/h4-5,9-11,16,19H,1-3,6-8H2,(H3,26,28,29,30,31). The van der Waals surface area contributed by atoms with Crippen molar-refractivity contribution < 1.29 is 13.5 Å². The number of aromatic nitrogens is 7. The second-order valence-electron chi connectivity index (χ2n) is 8.82. The number of hydrogen-bond donors (Lipinski definition) is 2. The molecule has 1 atom stereocenters. The largest absolute Gasteiger partial charge is 0.368 e. The summed E-state index contributed by atoms with van der Waals surface area (Å²) in [6.07, 6.45) is 7.14. The summed E-state index contributed by atoms with van der Waals surface area (Å²) in [5.74, 6) is 0.623. The number of nitrogen functional groups attached to an aromatic ring is 1. The molecule has 3 aromatic heterocycles. The van der Waals surface area contributed by atoms with Gasteiger partial charge < -0.3 is 15.8 Å². The highest BCUT2D eigenvalue weighted by Gasteiger charge is 2.49. The van der Waals surface area contributed by atoms with E-state index in [0.29, 0.717) is 35.6 Å². The third-order valence-electron chi connectivity index (χ3n) is 6.38. The quantitative estimate of drug-likeness (QED) is 0.395. The summed E-state index contributed by atoms with van der Waals surface area (Å²) >= 11 is 6.21. The SMILES string of the molecule is Nc1nc(NC2(c3nn(C(F)F)cc3Cl)CC2)nc(-c2ccc3cnn(C4CCCCO4)c3c2)n1. The van der Waals surface area contributed by atoms with Crippen LogP contribution in [0.2, 0.25) is 5.02 Å². The van der Waals surface area contributed by atoms with E-state index in [0.717, 1.165) is 41.9 Å². The maximum absolute atomic E-state index is 13.1. The molecule has 4 heterocycles. The molecule has 0 amide bonds. The van der Waals surface area contributed by atoms with E-state index in [1.54, 1.807) is 0 Å². The molecule has 0 spiro atoms. The monoisotopic (exact) mass is 501 g/mol. The Bertz CT molecular complexity index is 1400. The van der Waals surface area contributed by atoms with Gasteiger partial charge in [-0.05, 0) is 38.2 Å². The molecule has 0 radical (unpaired) electrons. The van der Waals surface area contributed by atoms with Gasteiger partial charge in [-0.2, -0.15) is 33.9 Å². The third kappa shape index (κ3) is 4.06. The molecule has 4 aromatic rings. The summed E-state index contributed by atoms with van der Waals surface area (Å²) in [4.78, 5) is 13.1. The number of halogens is 3. The number of fused-ring (bicyclic) bond motifs is 1. The first-order valence-electron chi connectivity index (χ1n) is 11.3. The molecule has 1 saturated carbocycles. The van der Waals surface area contributed by atoms with E-state index in [1.165, 1.54) is 0 Å². The van der Waals surface area contributed by atoms with Gasteiger partial charge in [-0.25, -0.2) is 9.36 Å². The first-order chi connectivity index (χ1) is 16.9. The number of nitrogens with two attached hydrogens (primary N) is 1. The lowest BCUT2D eigenvalue weighted by molar-refractivity contribution is -0.0366. The molecule has 182 valence electrons. The van der Waals surface area contributed by atoms with Gasteiger partial charge in [-0.3, -0.25) is 0 Å². The van der Waals surface area contributed by atoms with E-state index in [1.807, 2.05) is 29.1 Å². The lowest BCUT2D eigenvalue weighted by Crippen LogP contribution is -2.22. The lowest BCUT2D eigenvalue weighted by Gasteiger charge is -2.23. The summed E-state index contributed by atoms with van der Waals surface area (Å²) < 4.78 is 34.5. The van der Waals surface area contributed by atoms with E-state index in [9.17, 15) is 8.78 Å². The summed E-state index contributed by atoms with van der Waals surface area (Å²) in [5, 5.41) is 12.8. The van der Waals surface area contributed by atoms with Gasteiger partial charge in [0.05, 0.1) is 22.3 Å². The fourth-order valence-corrected chi connectivity index (χ4v) is 4.77. The maximum atomic E-state index is 13.1. The van der Waals surface area contributed by atoms with E-state index in [2.05, 4.69) is 30.5 Å². The zero-order valence-electron chi connectivity index (χ0n) is 18.5. The molecule has 13 heteroatoms. The molecule has 2 aliphatic rings.